The molecular formula is C15H19ClFN3O5S. The summed E-state index contributed by atoms with van der Waals surface area (Å²) in [6.45, 7) is 2.50. The van der Waals surface area contributed by atoms with Gasteiger partial charge in [0.2, 0.25) is 15.9 Å². The SMILES string of the molecule is COC(=O)NC(=O)[C@H](C)N1CCN(S(=O)(=O)c2ccc(F)c(Cl)c2)CC1. The molecule has 1 aromatic rings. The minimum absolute atomic E-state index is 0.0890. The van der Waals surface area contributed by atoms with Gasteiger partial charge in [0.15, 0.2) is 0 Å². The van der Waals surface area contributed by atoms with Gasteiger partial charge in [0, 0.05) is 26.2 Å². The summed E-state index contributed by atoms with van der Waals surface area (Å²) in [5.74, 6) is -1.22. The van der Waals surface area contributed by atoms with Crippen molar-refractivity contribution < 1.29 is 27.1 Å². The highest BCUT2D eigenvalue weighted by molar-refractivity contribution is 7.89. The van der Waals surface area contributed by atoms with Crippen molar-refractivity contribution in [2.24, 2.45) is 0 Å². The molecule has 2 amide bonds. The lowest BCUT2D eigenvalue weighted by Gasteiger charge is -2.36. The van der Waals surface area contributed by atoms with Crippen LogP contribution in [0.1, 0.15) is 6.92 Å². The van der Waals surface area contributed by atoms with Crippen LogP contribution >= 0.6 is 11.6 Å². The van der Waals surface area contributed by atoms with E-state index in [2.05, 4.69) is 10.1 Å². The molecule has 0 aromatic heterocycles. The van der Waals surface area contributed by atoms with Gasteiger partial charge in [-0.15, -0.1) is 0 Å². The number of sulfonamides is 1. The number of nitrogens with zero attached hydrogens (tertiary/aromatic N) is 2. The Balaban J connectivity index is 2.02. The fraction of sp³-hybridized carbons (Fsp3) is 0.467. The number of benzene rings is 1. The highest BCUT2D eigenvalue weighted by Gasteiger charge is 2.32. The Morgan fingerprint density at radius 3 is 2.42 bits per heavy atom. The number of rotatable bonds is 4. The zero-order valence-corrected chi connectivity index (χ0v) is 15.8. The first-order chi connectivity index (χ1) is 12.2. The maximum absolute atomic E-state index is 13.2. The second kappa shape index (κ2) is 8.30. The van der Waals surface area contributed by atoms with Crippen LogP contribution in [0.25, 0.3) is 0 Å². The average Bonchev–Trinajstić information content (AvgIpc) is 2.63. The summed E-state index contributed by atoms with van der Waals surface area (Å²) < 4.78 is 44.1. The smallest absolute Gasteiger partial charge is 0.413 e. The van der Waals surface area contributed by atoms with E-state index in [1.807, 2.05) is 0 Å². The van der Waals surface area contributed by atoms with Gasteiger partial charge < -0.3 is 4.74 Å². The highest BCUT2D eigenvalue weighted by atomic mass is 35.5. The number of carbonyl (C=O) groups excluding carboxylic acids is 2. The minimum Gasteiger partial charge on any atom is -0.453 e. The molecule has 1 heterocycles. The molecule has 1 N–H and O–H groups in total. The van der Waals surface area contributed by atoms with E-state index >= 15 is 0 Å². The van der Waals surface area contributed by atoms with Crippen molar-refractivity contribution in [2.45, 2.75) is 17.9 Å². The normalized spacial score (nSPS) is 17.5. The third-order valence-electron chi connectivity index (χ3n) is 4.14. The van der Waals surface area contributed by atoms with Crippen molar-refractivity contribution >= 4 is 33.6 Å². The van der Waals surface area contributed by atoms with Gasteiger partial charge in [-0.1, -0.05) is 11.6 Å². The van der Waals surface area contributed by atoms with Gasteiger partial charge in [-0.25, -0.2) is 17.6 Å². The lowest BCUT2D eigenvalue weighted by Crippen LogP contribution is -2.55. The highest BCUT2D eigenvalue weighted by Crippen LogP contribution is 2.23. The topological polar surface area (TPSA) is 96.0 Å². The number of ether oxygens (including phenoxy) is 1. The number of imide groups is 1. The molecule has 8 nitrogen and oxygen atoms in total. The lowest BCUT2D eigenvalue weighted by molar-refractivity contribution is -0.125. The number of methoxy groups -OCH3 is 1. The van der Waals surface area contributed by atoms with E-state index < -0.39 is 33.9 Å². The van der Waals surface area contributed by atoms with Crippen molar-refractivity contribution in [3.63, 3.8) is 0 Å². The van der Waals surface area contributed by atoms with Crippen LogP contribution < -0.4 is 5.32 Å². The van der Waals surface area contributed by atoms with Crippen LogP contribution in [0.4, 0.5) is 9.18 Å². The van der Waals surface area contributed by atoms with Gasteiger partial charge >= 0.3 is 6.09 Å². The lowest BCUT2D eigenvalue weighted by atomic mass is 10.2. The van der Waals surface area contributed by atoms with E-state index in [1.54, 1.807) is 11.8 Å². The van der Waals surface area contributed by atoms with Gasteiger partial charge in [-0.2, -0.15) is 4.31 Å². The Morgan fingerprint density at radius 1 is 1.27 bits per heavy atom. The summed E-state index contributed by atoms with van der Waals surface area (Å²) in [5.41, 5.74) is 0. The third-order valence-corrected chi connectivity index (χ3v) is 6.32. The van der Waals surface area contributed by atoms with Gasteiger partial charge in [-0.05, 0) is 25.1 Å². The second-order valence-electron chi connectivity index (χ2n) is 5.67. The first-order valence-electron chi connectivity index (χ1n) is 7.75. The molecule has 0 spiro atoms. The molecule has 2 rings (SSSR count). The van der Waals surface area contributed by atoms with E-state index in [0.717, 1.165) is 25.3 Å². The van der Waals surface area contributed by atoms with Crippen molar-refractivity contribution in [1.29, 1.82) is 0 Å². The summed E-state index contributed by atoms with van der Waals surface area (Å²) in [7, 11) is -2.66. The number of carbonyl (C=O) groups is 2. The zero-order chi connectivity index (χ0) is 19.5. The molecule has 1 aromatic carbocycles. The second-order valence-corrected chi connectivity index (χ2v) is 8.02. The van der Waals surface area contributed by atoms with Crippen LogP contribution in [0.3, 0.4) is 0 Å². The van der Waals surface area contributed by atoms with Gasteiger partial charge in [-0.3, -0.25) is 15.0 Å². The van der Waals surface area contributed by atoms with Crippen molar-refractivity contribution in [2.75, 3.05) is 33.3 Å². The first-order valence-corrected chi connectivity index (χ1v) is 9.56. The molecule has 11 heteroatoms. The van der Waals surface area contributed by atoms with E-state index in [0.29, 0.717) is 13.1 Å². The Bertz CT molecular complexity index is 796. The van der Waals surface area contributed by atoms with Crippen LogP contribution in [0.15, 0.2) is 23.1 Å². The molecule has 0 bridgehead atoms. The van der Waals surface area contributed by atoms with Crippen LogP contribution in [0.5, 0.6) is 0 Å². The number of alkyl carbamates (subject to hydrolysis) is 1. The van der Waals surface area contributed by atoms with Crippen molar-refractivity contribution in [3.8, 4) is 0 Å². The van der Waals surface area contributed by atoms with Crippen molar-refractivity contribution in [1.82, 2.24) is 14.5 Å². The molecule has 1 aliphatic heterocycles. The fourth-order valence-electron chi connectivity index (χ4n) is 2.54. The van der Waals surface area contributed by atoms with Gasteiger partial charge in [0.1, 0.15) is 5.82 Å². The maximum Gasteiger partial charge on any atom is 0.413 e. The molecule has 26 heavy (non-hydrogen) atoms. The summed E-state index contributed by atoms with van der Waals surface area (Å²) in [5, 5.41) is 1.82. The largest absolute Gasteiger partial charge is 0.453 e. The van der Waals surface area contributed by atoms with Crippen LogP contribution in [0, 0.1) is 5.82 Å². The molecule has 1 atom stereocenters. The number of hydrogen-bond donors (Lipinski definition) is 1. The fourth-order valence-corrected chi connectivity index (χ4v) is 4.23. The zero-order valence-electron chi connectivity index (χ0n) is 14.2. The number of halogens is 2. The van der Waals surface area contributed by atoms with E-state index in [4.69, 9.17) is 11.6 Å². The Kier molecular flexibility index (Phi) is 6.56. The molecule has 0 unspecified atom stereocenters. The van der Waals surface area contributed by atoms with Crippen molar-refractivity contribution in [3.05, 3.63) is 29.0 Å². The van der Waals surface area contributed by atoms with E-state index in [-0.39, 0.29) is 23.0 Å². The molecule has 1 saturated heterocycles. The Morgan fingerprint density at radius 2 is 1.88 bits per heavy atom. The third kappa shape index (κ3) is 4.50. The summed E-state index contributed by atoms with van der Waals surface area (Å²) >= 11 is 5.66. The minimum atomic E-state index is -3.81. The van der Waals surface area contributed by atoms with Crippen LogP contribution in [0.2, 0.25) is 5.02 Å². The molecule has 1 aliphatic rings. The summed E-state index contributed by atoms with van der Waals surface area (Å²) in [4.78, 5) is 24.7. The number of piperazine rings is 1. The van der Waals surface area contributed by atoms with Crippen LogP contribution in [-0.2, 0) is 19.6 Å². The molecule has 0 radical (unpaired) electrons. The van der Waals surface area contributed by atoms with Crippen LogP contribution in [-0.4, -0.2) is 69.0 Å². The molecule has 144 valence electrons. The maximum atomic E-state index is 13.2. The molecule has 0 aliphatic carbocycles. The molecule has 1 fully saturated rings. The standard InChI is InChI=1S/C15H19ClFN3O5S/c1-10(14(21)18-15(22)25-2)19-5-7-20(8-6-19)26(23,24)11-3-4-13(17)12(16)9-11/h3-4,9-10H,5-8H2,1-2H3,(H,18,21,22)/t10-/m0/s1. The summed E-state index contributed by atoms with van der Waals surface area (Å²) in [6, 6.07) is 2.62. The van der Waals surface area contributed by atoms with Gasteiger partial charge in [0.05, 0.1) is 23.1 Å². The van der Waals surface area contributed by atoms with Gasteiger partial charge in [0.25, 0.3) is 0 Å². The predicted molar refractivity (Wildman–Crippen MR) is 91.8 cm³/mol. The summed E-state index contributed by atoms with van der Waals surface area (Å²) in [6.07, 6.45) is -0.851. The van der Waals surface area contributed by atoms with E-state index in [9.17, 15) is 22.4 Å². The Labute approximate surface area is 155 Å². The predicted octanol–water partition coefficient (Wildman–Crippen LogP) is 1.06. The average molecular weight is 408 g/mol. The molecule has 0 saturated carbocycles. The number of hydrogen-bond acceptors (Lipinski definition) is 6. The molecular weight excluding hydrogens is 389 g/mol. The quantitative estimate of drug-likeness (QED) is 0.801. The van der Waals surface area contributed by atoms with E-state index in [1.165, 1.54) is 4.31 Å². The monoisotopic (exact) mass is 407 g/mol. The number of amides is 2. The first kappa shape index (κ1) is 20.6. The Hall–Kier alpha value is -1.75. The number of nitrogens with one attached hydrogen (secondary N) is 1.